The standard InChI is InChI=1S/C16H19N3OS/c20-15(10-21-16-17-11-18-19-16)14-8-6-13(7-9-14)12-4-2-1-3-5-12/h6-9,11-12H,1-5,10H2,(H,17,18,19). The first-order valence-electron chi connectivity index (χ1n) is 7.44. The minimum atomic E-state index is 0.131. The van der Waals surface area contributed by atoms with Crippen LogP contribution in [0, 0.1) is 0 Å². The summed E-state index contributed by atoms with van der Waals surface area (Å²) in [6.07, 6.45) is 8.05. The third kappa shape index (κ3) is 3.73. The molecule has 5 heteroatoms. The number of nitrogens with zero attached hydrogens (tertiary/aromatic N) is 2. The molecule has 110 valence electrons. The maximum Gasteiger partial charge on any atom is 0.183 e. The SMILES string of the molecule is O=C(CSc1ncn[nH]1)c1ccc(C2CCCCC2)cc1. The molecule has 0 spiro atoms. The topological polar surface area (TPSA) is 58.6 Å². The minimum absolute atomic E-state index is 0.131. The van der Waals surface area contributed by atoms with E-state index in [9.17, 15) is 4.79 Å². The summed E-state index contributed by atoms with van der Waals surface area (Å²) in [5.41, 5.74) is 2.16. The molecule has 1 aromatic carbocycles. The predicted octanol–water partition coefficient (Wildman–Crippen LogP) is 3.83. The predicted molar refractivity (Wildman–Crippen MR) is 83.7 cm³/mol. The molecule has 0 saturated heterocycles. The van der Waals surface area contributed by atoms with E-state index < -0.39 is 0 Å². The monoisotopic (exact) mass is 301 g/mol. The lowest BCUT2D eigenvalue weighted by Gasteiger charge is -2.22. The van der Waals surface area contributed by atoms with Crippen molar-refractivity contribution in [1.82, 2.24) is 15.2 Å². The van der Waals surface area contributed by atoms with Crippen molar-refractivity contribution in [2.75, 3.05) is 5.75 Å². The Bertz CT molecular complexity index is 574. The summed E-state index contributed by atoms with van der Waals surface area (Å²) in [6, 6.07) is 8.19. The Morgan fingerprint density at radius 1 is 1.19 bits per heavy atom. The van der Waals surface area contributed by atoms with Gasteiger partial charge in [-0.1, -0.05) is 55.3 Å². The summed E-state index contributed by atoms with van der Waals surface area (Å²) in [4.78, 5) is 16.1. The van der Waals surface area contributed by atoms with Gasteiger partial charge in [0.05, 0.1) is 5.75 Å². The Labute approximate surface area is 128 Å². The van der Waals surface area contributed by atoms with Gasteiger partial charge in [0.2, 0.25) is 0 Å². The van der Waals surface area contributed by atoms with Gasteiger partial charge in [-0.3, -0.25) is 9.89 Å². The Kier molecular flexibility index (Phi) is 4.70. The van der Waals surface area contributed by atoms with Crippen LogP contribution >= 0.6 is 11.8 Å². The molecule has 0 bridgehead atoms. The maximum atomic E-state index is 12.1. The van der Waals surface area contributed by atoms with Crippen molar-refractivity contribution in [2.45, 2.75) is 43.2 Å². The van der Waals surface area contributed by atoms with Crippen LogP contribution in [0.15, 0.2) is 35.7 Å². The quantitative estimate of drug-likeness (QED) is 0.673. The number of carbonyl (C=O) groups is 1. The van der Waals surface area contributed by atoms with Crippen LogP contribution in [0.2, 0.25) is 0 Å². The van der Waals surface area contributed by atoms with Gasteiger partial charge in [0.15, 0.2) is 10.9 Å². The van der Waals surface area contributed by atoms with E-state index in [1.54, 1.807) is 0 Å². The number of nitrogens with one attached hydrogen (secondary N) is 1. The second-order valence-electron chi connectivity index (χ2n) is 5.46. The van der Waals surface area contributed by atoms with Crippen LogP contribution in [-0.2, 0) is 0 Å². The largest absolute Gasteiger partial charge is 0.293 e. The normalized spacial score (nSPS) is 16.0. The third-order valence-corrected chi connectivity index (χ3v) is 4.92. The summed E-state index contributed by atoms with van der Waals surface area (Å²) in [5.74, 6) is 1.20. The van der Waals surface area contributed by atoms with Crippen LogP contribution in [0.4, 0.5) is 0 Å². The number of Topliss-reactive ketones (excluding diaryl/α,β-unsaturated/α-hetero) is 1. The van der Waals surface area contributed by atoms with Gasteiger partial charge in [0.25, 0.3) is 0 Å². The van der Waals surface area contributed by atoms with Crippen LogP contribution in [0.1, 0.15) is 53.9 Å². The number of ketones is 1. The summed E-state index contributed by atoms with van der Waals surface area (Å²) >= 11 is 1.38. The van der Waals surface area contributed by atoms with Gasteiger partial charge in [-0.05, 0) is 24.3 Å². The smallest absolute Gasteiger partial charge is 0.183 e. The second kappa shape index (κ2) is 6.89. The molecule has 2 aromatic rings. The Hall–Kier alpha value is -1.62. The number of rotatable bonds is 5. The van der Waals surface area contributed by atoms with Crippen molar-refractivity contribution >= 4 is 17.5 Å². The number of hydrogen-bond donors (Lipinski definition) is 1. The molecular weight excluding hydrogens is 282 g/mol. The highest BCUT2D eigenvalue weighted by Gasteiger charge is 2.16. The van der Waals surface area contributed by atoms with Crippen molar-refractivity contribution in [1.29, 1.82) is 0 Å². The average Bonchev–Trinajstić information content (AvgIpc) is 3.07. The molecule has 0 atom stereocenters. The van der Waals surface area contributed by atoms with Gasteiger partial charge >= 0.3 is 0 Å². The maximum absolute atomic E-state index is 12.1. The first-order chi connectivity index (χ1) is 10.3. The first-order valence-corrected chi connectivity index (χ1v) is 8.43. The Balaban J connectivity index is 1.59. The van der Waals surface area contributed by atoms with Gasteiger partial charge in [-0.2, -0.15) is 5.10 Å². The number of H-pyrrole nitrogens is 1. The molecule has 1 aromatic heterocycles. The van der Waals surface area contributed by atoms with Gasteiger partial charge < -0.3 is 0 Å². The van der Waals surface area contributed by atoms with Crippen molar-refractivity contribution < 1.29 is 4.79 Å². The van der Waals surface area contributed by atoms with E-state index in [0.717, 1.165) is 5.56 Å². The zero-order valence-corrected chi connectivity index (χ0v) is 12.7. The molecule has 0 amide bonds. The number of thioether (sulfide) groups is 1. The van der Waals surface area contributed by atoms with Gasteiger partial charge in [0, 0.05) is 5.56 Å². The van der Waals surface area contributed by atoms with Crippen LogP contribution in [0.3, 0.4) is 0 Å². The van der Waals surface area contributed by atoms with E-state index in [0.29, 0.717) is 16.8 Å². The number of benzene rings is 1. The third-order valence-electron chi connectivity index (χ3n) is 4.04. The Morgan fingerprint density at radius 2 is 1.95 bits per heavy atom. The fraction of sp³-hybridized carbons (Fsp3) is 0.438. The van der Waals surface area contributed by atoms with E-state index >= 15 is 0 Å². The van der Waals surface area contributed by atoms with E-state index in [1.807, 2.05) is 12.1 Å². The summed E-state index contributed by atoms with van der Waals surface area (Å²) in [5, 5.41) is 7.20. The second-order valence-corrected chi connectivity index (χ2v) is 6.42. The van der Waals surface area contributed by atoms with Crippen molar-refractivity contribution in [2.24, 2.45) is 0 Å². The highest BCUT2D eigenvalue weighted by Crippen LogP contribution is 2.32. The number of aromatic nitrogens is 3. The molecule has 1 saturated carbocycles. The van der Waals surface area contributed by atoms with E-state index in [-0.39, 0.29) is 5.78 Å². The van der Waals surface area contributed by atoms with Crippen molar-refractivity contribution in [3.8, 4) is 0 Å². The van der Waals surface area contributed by atoms with Gasteiger partial charge in [-0.15, -0.1) is 0 Å². The fourth-order valence-electron chi connectivity index (χ4n) is 2.86. The van der Waals surface area contributed by atoms with Gasteiger partial charge in [-0.25, -0.2) is 4.98 Å². The summed E-state index contributed by atoms with van der Waals surface area (Å²) in [6.45, 7) is 0. The Morgan fingerprint density at radius 3 is 2.62 bits per heavy atom. The molecule has 3 rings (SSSR count). The zero-order chi connectivity index (χ0) is 14.5. The number of hydrogen-bond acceptors (Lipinski definition) is 4. The summed E-state index contributed by atoms with van der Waals surface area (Å²) in [7, 11) is 0. The van der Waals surface area contributed by atoms with Crippen molar-refractivity contribution in [3.63, 3.8) is 0 Å². The molecule has 0 aliphatic heterocycles. The number of aromatic amines is 1. The van der Waals surface area contributed by atoms with E-state index in [1.165, 1.54) is 55.8 Å². The number of carbonyl (C=O) groups excluding carboxylic acids is 1. The van der Waals surface area contributed by atoms with Crippen LogP contribution < -0.4 is 0 Å². The van der Waals surface area contributed by atoms with Crippen LogP contribution in [-0.4, -0.2) is 26.7 Å². The zero-order valence-electron chi connectivity index (χ0n) is 11.9. The lowest BCUT2D eigenvalue weighted by molar-refractivity contribution is 0.102. The average molecular weight is 301 g/mol. The van der Waals surface area contributed by atoms with Crippen LogP contribution in [0.25, 0.3) is 0 Å². The minimum Gasteiger partial charge on any atom is -0.293 e. The molecule has 1 heterocycles. The molecule has 21 heavy (non-hydrogen) atoms. The molecule has 4 nitrogen and oxygen atoms in total. The molecule has 0 unspecified atom stereocenters. The first kappa shape index (κ1) is 14.3. The van der Waals surface area contributed by atoms with E-state index in [4.69, 9.17) is 0 Å². The highest BCUT2D eigenvalue weighted by atomic mass is 32.2. The van der Waals surface area contributed by atoms with Crippen LogP contribution in [0.5, 0.6) is 0 Å². The lowest BCUT2D eigenvalue weighted by atomic mass is 9.84. The van der Waals surface area contributed by atoms with E-state index in [2.05, 4.69) is 27.3 Å². The summed E-state index contributed by atoms with van der Waals surface area (Å²) < 4.78 is 0. The lowest BCUT2D eigenvalue weighted by Crippen LogP contribution is -2.06. The molecular formula is C16H19N3OS. The molecule has 1 fully saturated rings. The molecule has 0 radical (unpaired) electrons. The van der Waals surface area contributed by atoms with Gasteiger partial charge in [0.1, 0.15) is 6.33 Å². The molecule has 1 aliphatic carbocycles. The molecule has 1 N–H and O–H groups in total. The van der Waals surface area contributed by atoms with Crippen molar-refractivity contribution in [3.05, 3.63) is 41.7 Å². The fourth-order valence-corrected chi connectivity index (χ4v) is 3.53. The molecule has 1 aliphatic rings. The highest BCUT2D eigenvalue weighted by molar-refractivity contribution is 7.99.